The molecule has 1 aliphatic carbocycles. The van der Waals surface area contributed by atoms with Gasteiger partial charge in [0.1, 0.15) is 5.82 Å². The van der Waals surface area contributed by atoms with E-state index >= 15 is 0 Å². The van der Waals surface area contributed by atoms with Crippen molar-refractivity contribution in [2.24, 2.45) is 5.92 Å². The number of hydrogen-bond donors (Lipinski definition) is 2. The average molecular weight is 521 g/mol. The number of aromatic nitrogens is 2. The molecule has 2 saturated heterocycles. The predicted molar refractivity (Wildman–Crippen MR) is 144 cm³/mol. The number of amides is 1. The highest BCUT2D eigenvalue weighted by Crippen LogP contribution is 2.53. The molecule has 8 heteroatoms. The number of likely N-dealkylation sites (tertiary alicyclic amines) is 1. The molecule has 0 unspecified atom stereocenters. The van der Waals surface area contributed by atoms with Gasteiger partial charge in [0.25, 0.3) is 0 Å². The van der Waals surface area contributed by atoms with Crippen molar-refractivity contribution in [2.75, 3.05) is 31.6 Å². The molecule has 2 aromatic heterocycles. The summed E-state index contributed by atoms with van der Waals surface area (Å²) in [7, 11) is 0. The molecular weight excluding hydrogens is 488 g/mol. The van der Waals surface area contributed by atoms with Gasteiger partial charge in [0.05, 0.1) is 30.8 Å². The quantitative estimate of drug-likeness (QED) is 0.514. The third-order valence-electron chi connectivity index (χ3n) is 8.94. The van der Waals surface area contributed by atoms with E-state index in [0.717, 1.165) is 59.4 Å². The lowest BCUT2D eigenvalue weighted by Crippen LogP contribution is -2.56. The fourth-order valence-corrected chi connectivity index (χ4v) is 6.49. The van der Waals surface area contributed by atoms with Crippen molar-refractivity contribution in [1.82, 2.24) is 14.9 Å². The van der Waals surface area contributed by atoms with Gasteiger partial charge in [-0.1, -0.05) is 24.6 Å². The van der Waals surface area contributed by atoms with E-state index in [9.17, 15) is 9.90 Å². The number of nitrogens with one attached hydrogen (secondary N) is 1. The van der Waals surface area contributed by atoms with E-state index in [-0.39, 0.29) is 22.8 Å². The minimum absolute atomic E-state index is 0.0202. The fraction of sp³-hybridized carbons (Fsp3) is 0.483. The monoisotopic (exact) mass is 520 g/mol. The molecule has 1 saturated carbocycles. The molecule has 0 spiro atoms. The summed E-state index contributed by atoms with van der Waals surface area (Å²) in [6.07, 6.45) is 5.82. The van der Waals surface area contributed by atoms with E-state index in [2.05, 4.69) is 40.1 Å². The first-order valence-corrected chi connectivity index (χ1v) is 13.5. The van der Waals surface area contributed by atoms with Crippen molar-refractivity contribution < 1.29 is 14.6 Å². The van der Waals surface area contributed by atoms with Crippen LogP contribution in [0.4, 0.5) is 5.82 Å². The number of hydrogen-bond acceptors (Lipinski definition) is 6. The number of piperidine rings is 1. The second-order valence-corrected chi connectivity index (χ2v) is 11.7. The maximum Gasteiger partial charge on any atom is 0.229 e. The van der Waals surface area contributed by atoms with Crippen LogP contribution in [0.3, 0.4) is 0 Å². The standard InChI is InChI=1S/C29H33ClN4O3/c1-28(24-5-3-4-8-31-24)14-22(28)27(36)33-26-13-19-11-21(23(30)12-20(19)15-32-26)18-6-9-34(10-7-18)29(2)17-37-16-25(29)35/h3-5,8,11-13,15,18,22,25,35H,6-7,9-10,14,16-17H2,1-2H3,(H,32,33,36)/t22-,25-,28+,29+/m0/s1. The van der Waals surface area contributed by atoms with Gasteiger partial charge in [-0.25, -0.2) is 4.98 Å². The van der Waals surface area contributed by atoms with E-state index in [1.807, 2.05) is 30.3 Å². The van der Waals surface area contributed by atoms with Crippen LogP contribution in [0, 0.1) is 5.92 Å². The van der Waals surface area contributed by atoms with Crippen molar-refractivity contribution >= 4 is 34.1 Å². The third kappa shape index (κ3) is 4.42. The smallest absolute Gasteiger partial charge is 0.229 e. The van der Waals surface area contributed by atoms with Gasteiger partial charge in [0, 0.05) is 33.9 Å². The van der Waals surface area contributed by atoms with Crippen molar-refractivity contribution in [3.63, 3.8) is 0 Å². The molecular formula is C29H33ClN4O3. The van der Waals surface area contributed by atoms with Crippen LogP contribution in [-0.2, 0) is 14.9 Å². The predicted octanol–water partition coefficient (Wildman–Crippen LogP) is 4.53. The van der Waals surface area contributed by atoms with E-state index in [0.29, 0.717) is 24.9 Å². The highest BCUT2D eigenvalue weighted by atomic mass is 35.5. The maximum absolute atomic E-state index is 13.0. The molecule has 2 aliphatic heterocycles. The van der Waals surface area contributed by atoms with Crippen LogP contribution in [-0.4, -0.2) is 63.8 Å². The molecule has 0 radical (unpaired) electrons. The van der Waals surface area contributed by atoms with Crippen molar-refractivity contribution in [2.45, 2.75) is 56.1 Å². The number of aliphatic hydroxyl groups is 1. The Balaban J connectivity index is 1.16. The Morgan fingerprint density at radius 2 is 1.97 bits per heavy atom. The van der Waals surface area contributed by atoms with E-state index in [4.69, 9.17) is 16.3 Å². The summed E-state index contributed by atoms with van der Waals surface area (Å²) in [5, 5.41) is 16.2. The van der Waals surface area contributed by atoms with Crippen LogP contribution >= 0.6 is 11.6 Å². The Morgan fingerprint density at radius 1 is 1.16 bits per heavy atom. The number of aliphatic hydroxyl groups excluding tert-OH is 1. The first-order valence-electron chi connectivity index (χ1n) is 13.1. The molecule has 3 aliphatic rings. The Labute approximate surface area is 222 Å². The zero-order chi connectivity index (χ0) is 25.8. The number of rotatable bonds is 5. The first-order chi connectivity index (χ1) is 17.8. The number of ether oxygens (including phenoxy) is 1. The number of carbonyl (C=O) groups is 1. The lowest BCUT2D eigenvalue weighted by molar-refractivity contribution is -0.117. The summed E-state index contributed by atoms with van der Waals surface area (Å²) in [5.41, 5.74) is 1.55. The van der Waals surface area contributed by atoms with Gasteiger partial charge < -0.3 is 15.2 Å². The molecule has 7 nitrogen and oxygen atoms in total. The number of carbonyl (C=O) groups excluding carboxylic acids is 1. The van der Waals surface area contributed by atoms with Gasteiger partial charge in [-0.15, -0.1) is 0 Å². The number of fused-ring (bicyclic) bond motifs is 1. The summed E-state index contributed by atoms with van der Waals surface area (Å²) in [4.78, 5) is 24.3. The third-order valence-corrected chi connectivity index (χ3v) is 9.26. The van der Waals surface area contributed by atoms with E-state index in [1.54, 1.807) is 12.4 Å². The summed E-state index contributed by atoms with van der Waals surface area (Å²) in [5.74, 6) is 0.761. The molecule has 3 fully saturated rings. The molecule has 1 amide bonds. The number of halogens is 1. The minimum atomic E-state index is -0.452. The summed E-state index contributed by atoms with van der Waals surface area (Å²) >= 11 is 6.74. The molecule has 194 valence electrons. The van der Waals surface area contributed by atoms with Crippen LogP contribution in [0.2, 0.25) is 5.02 Å². The molecule has 0 bridgehead atoms. The summed E-state index contributed by atoms with van der Waals surface area (Å²) < 4.78 is 5.54. The first kappa shape index (κ1) is 24.7. The lowest BCUT2D eigenvalue weighted by atomic mass is 9.85. The zero-order valence-electron chi connectivity index (χ0n) is 21.3. The fourth-order valence-electron chi connectivity index (χ4n) is 6.17. The van der Waals surface area contributed by atoms with E-state index < -0.39 is 6.10 Å². The number of nitrogens with zero attached hydrogens (tertiary/aromatic N) is 3. The van der Waals surface area contributed by atoms with Gasteiger partial charge in [-0.3, -0.25) is 14.7 Å². The maximum atomic E-state index is 13.0. The number of anilines is 1. The summed E-state index contributed by atoms with van der Waals surface area (Å²) in [6.45, 7) is 6.95. The van der Waals surface area contributed by atoms with Gasteiger partial charge in [-0.05, 0) is 86.5 Å². The van der Waals surface area contributed by atoms with E-state index in [1.165, 1.54) is 0 Å². The molecule has 2 N–H and O–H groups in total. The van der Waals surface area contributed by atoms with Crippen molar-refractivity contribution in [3.05, 3.63) is 65.1 Å². The van der Waals surface area contributed by atoms with Gasteiger partial charge in [0.15, 0.2) is 0 Å². The van der Waals surface area contributed by atoms with Crippen LogP contribution in [0.25, 0.3) is 10.8 Å². The Bertz CT molecular complexity index is 1330. The molecule has 3 aromatic rings. The molecule has 37 heavy (non-hydrogen) atoms. The average Bonchev–Trinajstić information content (AvgIpc) is 3.50. The minimum Gasteiger partial charge on any atom is -0.389 e. The normalized spacial score (nSPS) is 30.5. The molecule has 4 heterocycles. The van der Waals surface area contributed by atoms with Crippen molar-refractivity contribution in [3.8, 4) is 0 Å². The van der Waals surface area contributed by atoms with Crippen LogP contribution in [0.15, 0.2) is 48.8 Å². The van der Waals surface area contributed by atoms with Crippen LogP contribution < -0.4 is 5.32 Å². The Kier molecular flexibility index (Phi) is 6.23. The second kappa shape index (κ2) is 9.31. The van der Waals surface area contributed by atoms with Gasteiger partial charge in [0.2, 0.25) is 5.91 Å². The molecule has 4 atom stereocenters. The largest absolute Gasteiger partial charge is 0.389 e. The molecule has 1 aromatic carbocycles. The second-order valence-electron chi connectivity index (χ2n) is 11.3. The Morgan fingerprint density at radius 3 is 2.68 bits per heavy atom. The zero-order valence-corrected chi connectivity index (χ0v) is 22.0. The SMILES string of the molecule is C[C@@]1(c2ccccn2)C[C@H]1C(=O)Nc1cc2cc(C3CCN([C@]4(C)COC[C@@H]4O)CC3)c(Cl)cc2cn1. The highest BCUT2D eigenvalue weighted by molar-refractivity contribution is 6.32. The number of pyridine rings is 2. The van der Waals surface area contributed by atoms with Gasteiger partial charge in [-0.2, -0.15) is 0 Å². The summed E-state index contributed by atoms with van der Waals surface area (Å²) in [6, 6.07) is 11.9. The topological polar surface area (TPSA) is 87.6 Å². The number of benzene rings is 1. The van der Waals surface area contributed by atoms with Crippen LogP contribution in [0.1, 0.15) is 50.3 Å². The highest BCUT2D eigenvalue weighted by Gasteiger charge is 2.56. The van der Waals surface area contributed by atoms with Crippen LogP contribution in [0.5, 0.6) is 0 Å². The molecule has 6 rings (SSSR count). The van der Waals surface area contributed by atoms with Crippen molar-refractivity contribution in [1.29, 1.82) is 0 Å². The van der Waals surface area contributed by atoms with Gasteiger partial charge >= 0.3 is 0 Å². The Hall–Kier alpha value is -2.58. The lowest BCUT2D eigenvalue weighted by Gasteiger charge is -2.43.